The fourth-order valence-corrected chi connectivity index (χ4v) is 2.00. The van der Waals surface area contributed by atoms with E-state index in [1.54, 1.807) is 12.3 Å². The summed E-state index contributed by atoms with van der Waals surface area (Å²) in [7, 11) is 0. The number of imide groups is 1. The standard InChI is InChI=1S/C10H15NO4S/c1-3-16-9-6-8(13)11(9)10(14)15-5-4-7(2)12/h3,7,9,12H,1,4-6H2,2H3/t7-,9+/m0/s1. The lowest BCUT2D eigenvalue weighted by molar-refractivity contribution is -0.138. The number of aliphatic hydroxyl groups excluding tert-OH is 1. The predicted octanol–water partition coefficient (Wildman–Crippen LogP) is 1.33. The summed E-state index contributed by atoms with van der Waals surface area (Å²) in [5.74, 6) is -0.235. The molecule has 2 amide bonds. The van der Waals surface area contributed by atoms with Gasteiger partial charge in [0.15, 0.2) is 0 Å². The molecule has 1 N–H and O–H groups in total. The van der Waals surface area contributed by atoms with Crippen LogP contribution in [-0.4, -0.2) is 40.1 Å². The van der Waals surface area contributed by atoms with Gasteiger partial charge in [-0.15, -0.1) is 11.8 Å². The van der Waals surface area contributed by atoms with E-state index in [0.29, 0.717) is 12.8 Å². The summed E-state index contributed by atoms with van der Waals surface area (Å²) in [6, 6.07) is 0. The van der Waals surface area contributed by atoms with E-state index in [0.717, 1.165) is 4.90 Å². The van der Waals surface area contributed by atoms with E-state index in [-0.39, 0.29) is 17.9 Å². The van der Waals surface area contributed by atoms with Gasteiger partial charge in [0.25, 0.3) is 0 Å². The van der Waals surface area contributed by atoms with Gasteiger partial charge in [0.1, 0.15) is 5.37 Å². The van der Waals surface area contributed by atoms with Crippen LogP contribution in [0.2, 0.25) is 0 Å². The maximum Gasteiger partial charge on any atom is 0.417 e. The van der Waals surface area contributed by atoms with Crippen LogP contribution in [0.1, 0.15) is 19.8 Å². The molecule has 0 radical (unpaired) electrons. The van der Waals surface area contributed by atoms with Gasteiger partial charge in [-0.3, -0.25) is 4.79 Å². The van der Waals surface area contributed by atoms with Crippen LogP contribution < -0.4 is 0 Å². The third kappa shape index (κ3) is 3.24. The number of carbonyl (C=O) groups excluding carboxylic acids is 2. The zero-order valence-corrected chi connectivity index (χ0v) is 9.90. The molecule has 90 valence electrons. The molecule has 0 spiro atoms. The molecular formula is C10H15NO4S. The maximum atomic E-state index is 11.5. The molecule has 0 aromatic rings. The second-order valence-electron chi connectivity index (χ2n) is 3.48. The highest BCUT2D eigenvalue weighted by atomic mass is 32.2. The van der Waals surface area contributed by atoms with Gasteiger partial charge >= 0.3 is 6.09 Å². The van der Waals surface area contributed by atoms with Gasteiger partial charge < -0.3 is 9.84 Å². The first-order valence-electron chi connectivity index (χ1n) is 4.99. The van der Waals surface area contributed by atoms with Gasteiger partial charge in [0.2, 0.25) is 5.91 Å². The Bertz CT molecular complexity index is 291. The lowest BCUT2D eigenvalue weighted by Crippen LogP contribution is -2.54. The Hall–Kier alpha value is -1.01. The number of hydrogen-bond donors (Lipinski definition) is 1. The largest absolute Gasteiger partial charge is 0.449 e. The van der Waals surface area contributed by atoms with E-state index in [1.807, 2.05) is 0 Å². The highest BCUT2D eigenvalue weighted by Crippen LogP contribution is 2.30. The first-order valence-corrected chi connectivity index (χ1v) is 5.93. The summed E-state index contributed by atoms with van der Waals surface area (Å²) in [5, 5.41) is 10.4. The number of amides is 2. The molecule has 1 rings (SSSR count). The number of likely N-dealkylation sites (tertiary alicyclic amines) is 1. The van der Waals surface area contributed by atoms with Crippen molar-refractivity contribution in [3.63, 3.8) is 0 Å². The Balaban J connectivity index is 2.34. The monoisotopic (exact) mass is 245 g/mol. The van der Waals surface area contributed by atoms with E-state index >= 15 is 0 Å². The highest BCUT2D eigenvalue weighted by molar-refractivity contribution is 8.02. The van der Waals surface area contributed by atoms with E-state index < -0.39 is 12.2 Å². The number of hydrogen-bond acceptors (Lipinski definition) is 5. The average molecular weight is 245 g/mol. The number of thioether (sulfide) groups is 1. The molecule has 0 aliphatic carbocycles. The van der Waals surface area contributed by atoms with Crippen molar-refractivity contribution in [1.29, 1.82) is 0 Å². The third-order valence-electron chi connectivity index (χ3n) is 2.12. The Labute approximate surface area is 98.4 Å². The highest BCUT2D eigenvalue weighted by Gasteiger charge is 2.41. The summed E-state index contributed by atoms with van der Waals surface area (Å²) in [6.45, 7) is 5.25. The van der Waals surface area contributed by atoms with Crippen molar-refractivity contribution >= 4 is 23.8 Å². The van der Waals surface area contributed by atoms with Crippen LogP contribution in [0.25, 0.3) is 0 Å². The predicted molar refractivity (Wildman–Crippen MR) is 60.7 cm³/mol. The molecule has 1 aliphatic rings. The average Bonchev–Trinajstić information content (AvgIpc) is 2.16. The molecule has 0 aromatic carbocycles. The summed E-state index contributed by atoms with van der Waals surface area (Å²) in [6.07, 6.45) is -0.454. The summed E-state index contributed by atoms with van der Waals surface area (Å²) in [4.78, 5) is 23.7. The summed E-state index contributed by atoms with van der Waals surface area (Å²) < 4.78 is 4.86. The van der Waals surface area contributed by atoms with Crippen LogP contribution in [0.15, 0.2) is 12.0 Å². The zero-order chi connectivity index (χ0) is 12.1. The fourth-order valence-electron chi connectivity index (χ4n) is 1.21. The molecule has 1 fully saturated rings. The topological polar surface area (TPSA) is 66.8 Å². The molecule has 1 saturated heterocycles. The zero-order valence-electron chi connectivity index (χ0n) is 9.09. The minimum Gasteiger partial charge on any atom is -0.449 e. The van der Waals surface area contributed by atoms with Crippen LogP contribution in [0.5, 0.6) is 0 Å². The number of nitrogens with zero attached hydrogens (tertiary/aromatic N) is 1. The smallest absolute Gasteiger partial charge is 0.417 e. The first kappa shape index (κ1) is 13.1. The van der Waals surface area contributed by atoms with Crippen LogP contribution in [0.4, 0.5) is 4.79 Å². The van der Waals surface area contributed by atoms with E-state index in [2.05, 4.69) is 6.58 Å². The number of carbonyl (C=O) groups is 2. The lowest BCUT2D eigenvalue weighted by atomic mass is 10.2. The normalized spacial score (nSPS) is 21.2. The molecule has 16 heavy (non-hydrogen) atoms. The second kappa shape index (κ2) is 5.91. The molecular weight excluding hydrogens is 230 g/mol. The van der Waals surface area contributed by atoms with Gasteiger partial charge in [-0.2, -0.15) is 0 Å². The molecule has 0 aromatic heterocycles. The molecule has 2 atom stereocenters. The lowest BCUT2D eigenvalue weighted by Gasteiger charge is -2.36. The number of ether oxygens (including phenoxy) is 1. The van der Waals surface area contributed by atoms with Crippen molar-refractivity contribution in [2.24, 2.45) is 0 Å². The maximum absolute atomic E-state index is 11.5. The molecule has 6 heteroatoms. The van der Waals surface area contributed by atoms with Crippen molar-refractivity contribution < 1.29 is 19.4 Å². The molecule has 1 aliphatic heterocycles. The van der Waals surface area contributed by atoms with Crippen molar-refractivity contribution in [2.45, 2.75) is 31.2 Å². The number of β-lactam (4-membered cyclic amide) rings is 1. The first-order chi connectivity index (χ1) is 7.56. The number of aliphatic hydroxyl groups is 1. The number of rotatable bonds is 5. The Morgan fingerprint density at radius 1 is 1.88 bits per heavy atom. The van der Waals surface area contributed by atoms with Crippen LogP contribution in [0.3, 0.4) is 0 Å². The van der Waals surface area contributed by atoms with Crippen LogP contribution in [0, 0.1) is 0 Å². The van der Waals surface area contributed by atoms with Crippen molar-refractivity contribution in [3.8, 4) is 0 Å². The van der Waals surface area contributed by atoms with Crippen molar-refractivity contribution in [3.05, 3.63) is 12.0 Å². The molecule has 0 bridgehead atoms. The molecule has 0 unspecified atom stereocenters. The fraction of sp³-hybridized carbons (Fsp3) is 0.600. The van der Waals surface area contributed by atoms with Gasteiger partial charge in [-0.1, -0.05) is 6.58 Å². The second-order valence-corrected chi connectivity index (χ2v) is 4.63. The van der Waals surface area contributed by atoms with E-state index in [1.165, 1.54) is 11.8 Å². The van der Waals surface area contributed by atoms with Crippen molar-refractivity contribution in [1.82, 2.24) is 4.90 Å². The van der Waals surface area contributed by atoms with Gasteiger partial charge in [-0.05, 0) is 12.3 Å². The van der Waals surface area contributed by atoms with Gasteiger partial charge in [-0.25, -0.2) is 9.69 Å². The Morgan fingerprint density at radius 3 is 3.06 bits per heavy atom. The van der Waals surface area contributed by atoms with E-state index in [9.17, 15) is 9.59 Å². The molecule has 5 nitrogen and oxygen atoms in total. The summed E-state index contributed by atoms with van der Waals surface area (Å²) >= 11 is 1.32. The molecule has 0 saturated carbocycles. The minimum atomic E-state index is -0.642. The van der Waals surface area contributed by atoms with E-state index in [4.69, 9.17) is 9.84 Å². The van der Waals surface area contributed by atoms with Gasteiger partial charge in [0.05, 0.1) is 19.1 Å². The third-order valence-corrected chi connectivity index (χ3v) is 3.00. The van der Waals surface area contributed by atoms with Gasteiger partial charge in [0, 0.05) is 6.42 Å². The molecule has 1 heterocycles. The Morgan fingerprint density at radius 2 is 2.56 bits per heavy atom. The Kier molecular flexibility index (Phi) is 4.82. The minimum absolute atomic E-state index is 0.117. The summed E-state index contributed by atoms with van der Waals surface area (Å²) in [5.41, 5.74) is 0. The van der Waals surface area contributed by atoms with Crippen molar-refractivity contribution in [2.75, 3.05) is 6.61 Å². The quantitative estimate of drug-likeness (QED) is 0.740. The van der Waals surface area contributed by atoms with Crippen LogP contribution >= 0.6 is 11.8 Å². The van der Waals surface area contributed by atoms with Crippen LogP contribution in [-0.2, 0) is 9.53 Å². The SMILES string of the molecule is C=CS[C@@H]1CC(=O)N1C(=O)OCC[C@H](C)O.